The number of carbonyl (C=O) groups excluding carboxylic acids is 1. The molecule has 1 heterocycles. The number of carbonyl (C=O) groups is 1. The standard InChI is InChI=1S/C13H24OS/c1-4-5-6-7-12(14)11-8-9-15-13(2,3)10-11/h11H,4-10H2,1-3H3/t11-/m0/s1. The third-order valence-corrected chi connectivity index (χ3v) is 4.57. The van der Waals surface area contributed by atoms with Gasteiger partial charge < -0.3 is 0 Å². The van der Waals surface area contributed by atoms with E-state index in [0.29, 0.717) is 16.4 Å². The summed E-state index contributed by atoms with van der Waals surface area (Å²) in [5.74, 6) is 2.05. The van der Waals surface area contributed by atoms with Gasteiger partial charge in [-0.15, -0.1) is 0 Å². The molecular formula is C13H24OS. The Labute approximate surface area is 98.4 Å². The molecule has 2 heteroatoms. The molecule has 1 fully saturated rings. The van der Waals surface area contributed by atoms with Crippen molar-refractivity contribution in [3.05, 3.63) is 0 Å². The first-order valence-electron chi connectivity index (χ1n) is 6.22. The fourth-order valence-electron chi connectivity index (χ4n) is 2.26. The third kappa shape index (κ3) is 4.58. The summed E-state index contributed by atoms with van der Waals surface area (Å²) in [6.07, 6.45) is 6.52. The highest BCUT2D eigenvalue weighted by molar-refractivity contribution is 8.00. The number of Topliss-reactive ketones (excluding diaryl/α,β-unsaturated/α-hetero) is 1. The molecule has 1 atom stereocenters. The minimum atomic E-state index is 0.323. The predicted octanol–water partition coefficient (Wildman–Crippen LogP) is 4.06. The topological polar surface area (TPSA) is 17.1 Å². The van der Waals surface area contributed by atoms with Crippen molar-refractivity contribution >= 4 is 17.5 Å². The predicted molar refractivity (Wildman–Crippen MR) is 68.4 cm³/mol. The van der Waals surface area contributed by atoms with Crippen LogP contribution in [0.1, 0.15) is 59.3 Å². The van der Waals surface area contributed by atoms with Gasteiger partial charge in [-0.2, -0.15) is 11.8 Å². The summed E-state index contributed by atoms with van der Waals surface area (Å²) in [5.41, 5.74) is 0. The number of rotatable bonds is 5. The van der Waals surface area contributed by atoms with Gasteiger partial charge in [-0.05, 0) is 25.0 Å². The van der Waals surface area contributed by atoms with E-state index in [1.165, 1.54) is 12.8 Å². The average Bonchev–Trinajstić information content (AvgIpc) is 2.16. The lowest BCUT2D eigenvalue weighted by molar-refractivity contribution is -0.123. The van der Waals surface area contributed by atoms with Crippen LogP contribution in [0.2, 0.25) is 0 Å². The molecule has 1 rings (SSSR count). The lowest BCUT2D eigenvalue weighted by atomic mass is 9.88. The van der Waals surface area contributed by atoms with E-state index in [1.54, 1.807) is 0 Å². The van der Waals surface area contributed by atoms with Crippen molar-refractivity contribution in [2.75, 3.05) is 5.75 Å². The van der Waals surface area contributed by atoms with Gasteiger partial charge >= 0.3 is 0 Å². The van der Waals surface area contributed by atoms with E-state index in [4.69, 9.17) is 0 Å². The van der Waals surface area contributed by atoms with Gasteiger partial charge in [-0.1, -0.05) is 33.6 Å². The maximum atomic E-state index is 12.0. The minimum absolute atomic E-state index is 0.323. The lowest BCUT2D eigenvalue weighted by Crippen LogP contribution is -2.30. The van der Waals surface area contributed by atoms with Gasteiger partial charge in [0.25, 0.3) is 0 Å². The van der Waals surface area contributed by atoms with E-state index in [9.17, 15) is 4.79 Å². The van der Waals surface area contributed by atoms with Crippen LogP contribution in [0.25, 0.3) is 0 Å². The molecule has 0 bridgehead atoms. The number of unbranched alkanes of at least 4 members (excludes halogenated alkanes) is 2. The number of ketones is 1. The Kier molecular flexibility index (Phi) is 5.17. The first-order valence-corrected chi connectivity index (χ1v) is 7.20. The summed E-state index contributed by atoms with van der Waals surface area (Å²) < 4.78 is 0.323. The highest BCUT2D eigenvalue weighted by Crippen LogP contribution is 2.39. The van der Waals surface area contributed by atoms with Crippen molar-refractivity contribution in [2.45, 2.75) is 64.0 Å². The zero-order valence-electron chi connectivity index (χ0n) is 10.3. The Morgan fingerprint density at radius 1 is 1.40 bits per heavy atom. The molecule has 88 valence electrons. The van der Waals surface area contributed by atoms with Crippen LogP contribution in [-0.2, 0) is 4.79 Å². The Hall–Kier alpha value is 0.0200. The average molecular weight is 228 g/mol. The first kappa shape index (κ1) is 13.1. The second-order valence-electron chi connectivity index (χ2n) is 5.22. The van der Waals surface area contributed by atoms with Crippen molar-refractivity contribution in [3.8, 4) is 0 Å². The van der Waals surface area contributed by atoms with Gasteiger partial charge in [0.15, 0.2) is 0 Å². The SMILES string of the molecule is CCCCCC(=O)[C@H]1CCSC(C)(C)C1. The zero-order valence-corrected chi connectivity index (χ0v) is 11.2. The molecule has 0 unspecified atom stereocenters. The van der Waals surface area contributed by atoms with Gasteiger partial charge in [-0.3, -0.25) is 4.79 Å². The monoisotopic (exact) mass is 228 g/mol. The van der Waals surface area contributed by atoms with Crippen LogP contribution in [0.3, 0.4) is 0 Å². The van der Waals surface area contributed by atoms with Crippen molar-refractivity contribution in [2.24, 2.45) is 5.92 Å². The molecule has 0 aromatic rings. The Balaban J connectivity index is 2.32. The summed E-state index contributed by atoms with van der Waals surface area (Å²) in [7, 11) is 0. The van der Waals surface area contributed by atoms with Gasteiger partial charge in [-0.25, -0.2) is 0 Å². The second kappa shape index (κ2) is 5.93. The highest BCUT2D eigenvalue weighted by atomic mass is 32.2. The normalized spacial score (nSPS) is 25.1. The molecule has 0 saturated carbocycles. The van der Waals surface area contributed by atoms with E-state index in [1.807, 2.05) is 11.8 Å². The Morgan fingerprint density at radius 2 is 2.13 bits per heavy atom. The van der Waals surface area contributed by atoms with Gasteiger partial charge in [0.2, 0.25) is 0 Å². The van der Waals surface area contributed by atoms with Crippen LogP contribution < -0.4 is 0 Å². The maximum Gasteiger partial charge on any atom is 0.136 e. The summed E-state index contributed by atoms with van der Waals surface area (Å²) in [6, 6.07) is 0. The molecule has 0 amide bonds. The molecule has 0 aromatic carbocycles. The minimum Gasteiger partial charge on any atom is -0.299 e. The Bertz CT molecular complexity index is 211. The van der Waals surface area contributed by atoms with E-state index in [-0.39, 0.29) is 0 Å². The number of thioether (sulfide) groups is 1. The van der Waals surface area contributed by atoms with Crippen LogP contribution in [0, 0.1) is 5.92 Å². The van der Waals surface area contributed by atoms with Gasteiger partial charge in [0.1, 0.15) is 5.78 Å². The fourth-order valence-corrected chi connectivity index (χ4v) is 3.53. The van der Waals surface area contributed by atoms with Crippen molar-refractivity contribution < 1.29 is 4.79 Å². The number of hydrogen-bond donors (Lipinski definition) is 0. The van der Waals surface area contributed by atoms with E-state index in [0.717, 1.165) is 31.4 Å². The molecule has 15 heavy (non-hydrogen) atoms. The molecule has 0 aromatic heterocycles. The van der Waals surface area contributed by atoms with Crippen molar-refractivity contribution in [3.63, 3.8) is 0 Å². The van der Waals surface area contributed by atoms with E-state index in [2.05, 4.69) is 20.8 Å². The van der Waals surface area contributed by atoms with Crippen molar-refractivity contribution in [1.82, 2.24) is 0 Å². The Morgan fingerprint density at radius 3 is 2.73 bits per heavy atom. The molecule has 0 spiro atoms. The smallest absolute Gasteiger partial charge is 0.136 e. The molecule has 1 nitrogen and oxygen atoms in total. The summed E-state index contributed by atoms with van der Waals surface area (Å²) in [5, 5.41) is 0. The van der Waals surface area contributed by atoms with Crippen LogP contribution in [-0.4, -0.2) is 16.3 Å². The maximum absolute atomic E-state index is 12.0. The van der Waals surface area contributed by atoms with Gasteiger partial charge in [0, 0.05) is 17.1 Å². The highest BCUT2D eigenvalue weighted by Gasteiger charge is 2.31. The fraction of sp³-hybridized carbons (Fsp3) is 0.923. The largest absolute Gasteiger partial charge is 0.299 e. The van der Waals surface area contributed by atoms with Crippen LogP contribution in [0.5, 0.6) is 0 Å². The van der Waals surface area contributed by atoms with E-state index < -0.39 is 0 Å². The molecule has 1 aliphatic heterocycles. The third-order valence-electron chi connectivity index (χ3n) is 3.18. The van der Waals surface area contributed by atoms with Crippen LogP contribution >= 0.6 is 11.8 Å². The zero-order chi connectivity index (χ0) is 11.3. The van der Waals surface area contributed by atoms with Crippen LogP contribution in [0.4, 0.5) is 0 Å². The van der Waals surface area contributed by atoms with E-state index >= 15 is 0 Å². The molecular weight excluding hydrogens is 204 g/mol. The molecule has 0 radical (unpaired) electrons. The molecule has 1 aliphatic rings. The van der Waals surface area contributed by atoms with Crippen molar-refractivity contribution in [1.29, 1.82) is 0 Å². The first-order chi connectivity index (χ1) is 7.05. The molecule has 0 N–H and O–H groups in total. The quantitative estimate of drug-likeness (QED) is 0.660. The molecule has 1 saturated heterocycles. The lowest BCUT2D eigenvalue weighted by Gasteiger charge is -2.33. The number of hydrogen-bond acceptors (Lipinski definition) is 2. The summed E-state index contributed by atoms with van der Waals surface area (Å²) in [6.45, 7) is 6.72. The van der Waals surface area contributed by atoms with Crippen LogP contribution in [0.15, 0.2) is 0 Å². The summed E-state index contributed by atoms with van der Waals surface area (Å²) in [4.78, 5) is 12.0. The van der Waals surface area contributed by atoms with Gasteiger partial charge in [0.05, 0.1) is 0 Å². The summed E-state index contributed by atoms with van der Waals surface area (Å²) >= 11 is 2.02. The molecule has 0 aliphatic carbocycles. The second-order valence-corrected chi connectivity index (χ2v) is 7.02.